The first-order chi connectivity index (χ1) is 11.1. The van der Waals surface area contributed by atoms with Crippen molar-refractivity contribution in [2.75, 3.05) is 12.4 Å². The molecule has 0 radical (unpaired) electrons. The minimum atomic E-state index is -4.45. The predicted molar refractivity (Wildman–Crippen MR) is 79.9 cm³/mol. The van der Waals surface area contributed by atoms with Crippen LogP contribution in [-0.4, -0.2) is 31.6 Å². The van der Waals surface area contributed by atoms with Gasteiger partial charge in [0.1, 0.15) is 0 Å². The average molecular weight is 368 g/mol. The fourth-order valence-corrected chi connectivity index (χ4v) is 2.97. The summed E-state index contributed by atoms with van der Waals surface area (Å²) in [6.45, 7) is 0.517. The van der Waals surface area contributed by atoms with E-state index in [0.29, 0.717) is 18.6 Å². The van der Waals surface area contributed by atoms with Crippen molar-refractivity contribution in [1.82, 2.24) is 0 Å². The normalized spacial score (nSPS) is 20.8. The molecule has 1 saturated heterocycles. The van der Waals surface area contributed by atoms with Gasteiger partial charge in [-0.3, -0.25) is 4.55 Å². The zero-order valence-electron chi connectivity index (χ0n) is 12.8. The van der Waals surface area contributed by atoms with E-state index >= 15 is 0 Å². The van der Waals surface area contributed by atoms with Crippen molar-refractivity contribution in [1.29, 1.82) is 0 Å². The van der Waals surface area contributed by atoms with Gasteiger partial charge in [0.2, 0.25) is 0 Å². The molecule has 2 atom stereocenters. The van der Waals surface area contributed by atoms with E-state index in [1.54, 1.807) is 0 Å². The minimum Gasteiger partial charge on any atom is -0.353 e. The van der Waals surface area contributed by atoms with Crippen LogP contribution in [0.1, 0.15) is 42.9 Å². The summed E-state index contributed by atoms with van der Waals surface area (Å²) in [7, 11) is -4.20. The Labute approximate surface area is 138 Å². The summed E-state index contributed by atoms with van der Waals surface area (Å²) in [5.41, 5.74) is -0.394. The van der Waals surface area contributed by atoms with Crippen LogP contribution in [0.3, 0.4) is 0 Å². The molecule has 24 heavy (non-hydrogen) atoms. The van der Waals surface area contributed by atoms with Crippen molar-refractivity contribution in [3.63, 3.8) is 0 Å². The summed E-state index contributed by atoms with van der Waals surface area (Å²) < 4.78 is 79.9. The van der Waals surface area contributed by atoms with Gasteiger partial charge in [0.25, 0.3) is 10.1 Å². The Balaban J connectivity index is 2.13. The third-order valence-corrected chi connectivity index (χ3v) is 4.45. The number of alkyl halides is 3. The Kier molecular flexibility index (Phi) is 6.24. The van der Waals surface area contributed by atoms with Crippen LogP contribution in [0.4, 0.5) is 13.2 Å². The summed E-state index contributed by atoms with van der Waals surface area (Å²) in [5.74, 6) is -0.550. The summed E-state index contributed by atoms with van der Waals surface area (Å²) in [6.07, 6.45) is -3.42. The van der Waals surface area contributed by atoms with Crippen molar-refractivity contribution in [2.24, 2.45) is 0 Å². The number of ether oxygens (including phenoxy) is 2. The number of hydrogen-bond donors (Lipinski definition) is 1. The lowest BCUT2D eigenvalue weighted by Gasteiger charge is -2.28. The molecule has 0 bridgehead atoms. The fourth-order valence-electron chi connectivity index (χ4n) is 2.46. The molecule has 0 spiro atoms. The van der Waals surface area contributed by atoms with E-state index in [2.05, 4.69) is 0 Å². The quantitative estimate of drug-likeness (QED) is 0.777. The van der Waals surface area contributed by atoms with E-state index in [4.69, 9.17) is 14.0 Å². The maximum absolute atomic E-state index is 12.6. The highest BCUT2D eigenvalue weighted by atomic mass is 32.2. The molecule has 5 nitrogen and oxygen atoms in total. The average Bonchev–Trinajstić information content (AvgIpc) is 2.51. The second-order valence-corrected chi connectivity index (χ2v) is 7.19. The van der Waals surface area contributed by atoms with Gasteiger partial charge in [-0.15, -0.1) is 0 Å². The molecule has 1 aromatic carbocycles. The van der Waals surface area contributed by atoms with E-state index in [1.165, 1.54) is 12.1 Å². The Bertz CT molecular complexity index is 622. The molecule has 0 aromatic heterocycles. The Hall–Kier alpha value is -1.16. The molecular weight excluding hydrogens is 349 g/mol. The Morgan fingerprint density at radius 2 is 1.92 bits per heavy atom. The van der Waals surface area contributed by atoms with Gasteiger partial charge in [-0.25, -0.2) is 0 Å². The Morgan fingerprint density at radius 1 is 1.25 bits per heavy atom. The molecular formula is C15H19F3O5S. The van der Waals surface area contributed by atoms with Crippen LogP contribution in [0.25, 0.3) is 0 Å². The summed E-state index contributed by atoms with van der Waals surface area (Å²) in [6, 6.07) is 4.34. The molecule has 0 aliphatic carbocycles. The maximum Gasteiger partial charge on any atom is 0.416 e. The van der Waals surface area contributed by atoms with Gasteiger partial charge in [-0.1, -0.05) is 12.1 Å². The van der Waals surface area contributed by atoms with E-state index in [-0.39, 0.29) is 6.42 Å². The maximum atomic E-state index is 12.6. The smallest absolute Gasteiger partial charge is 0.353 e. The third-order valence-electron chi connectivity index (χ3n) is 3.70. The van der Waals surface area contributed by atoms with Gasteiger partial charge in [0.15, 0.2) is 6.29 Å². The lowest BCUT2D eigenvalue weighted by Crippen LogP contribution is -2.25. The van der Waals surface area contributed by atoms with Crippen LogP contribution >= 0.6 is 0 Å². The molecule has 1 aromatic rings. The molecule has 1 aliphatic heterocycles. The zero-order valence-corrected chi connectivity index (χ0v) is 13.6. The van der Waals surface area contributed by atoms with Crippen LogP contribution < -0.4 is 0 Å². The van der Waals surface area contributed by atoms with E-state index < -0.39 is 40.0 Å². The number of halogens is 3. The molecule has 1 heterocycles. The van der Waals surface area contributed by atoms with Gasteiger partial charge in [0.05, 0.1) is 17.4 Å². The molecule has 0 amide bonds. The van der Waals surface area contributed by atoms with Gasteiger partial charge < -0.3 is 9.47 Å². The number of benzene rings is 1. The van der Waals surface area contributed by atoms with E-state index in [9.17, 15) is 21.6 Å². The zero-order chi connectivity index (χ0) is 17.8. The molecule has 1 N–H and O–H groups in total. The highest BCUT2D eigenvalue weighted by Gasteiger charge is 2.30. The topological polar surface area (TPSA) is 72.8 Å². The lowest BCUT2D eigenvalue weighted by atomic mass is 10.0. The summed E-state index contributed by atoms with van der Waals surface area (Å²) >= 11 is 0. The van der Waals surface area contributed by atoms with Crippen LogP contribution in [-0.2, 0) is 25.8 Å². The second kappa shape index (κ2) is 7.81. The van der Waals surface area contributed by atoms with Crippen LogP contribution in [0, 0.1) is 0 Å². The van der Waals surface area contributed by atoms with Gasteiger partial charge in [-0.05, 0) is 43.4 Å². The fraction of sp³-hybridized carbons (Fsp3) is 0.600. The number of hydrogen-bond acceptors (Lipinski definition) is 4. The van der Waals surface area contributed by atoms with Crippen LogP contribution in [0.2, 0.25) is 0 Å². The minimum absolute atomic E-state index is 0.0793. The Morgan fingerprint density at radius 3 is 2.42 bits per heavy atom. The largest absolute Gasteiger partial charge is 0.416 e. The highest BCUT2D eigenvalue weighted by molar-refractivity contribution is 7.85. The first kappa shape index (κ1) is 19.2. The van der Waals surface area contributed by atoms with Crippen molar-refractivity contribution in [3.8, 4) is 0 Å². The van der Waals surface area contributed by atoms with Gasteiger partial charge in [0, 0.05) is 6.61 Å². The SMILES string of the molecule is O=S(=O)(O)CCC(OC1CCCCO1)c1ccc(C(F)(F)F)cc1. The molecule has 0 saturated carbocycles. The molecule has 9 heteroatoms. The standard InChI is InChI=1S/C15H19F3O5S/c16-15(17,18)12-6-4-11(5-7-12)13(8-10-24(19,20)21)23-14-3-1-2-9-22-14/h4-7,13-14H,1-3,8-10H2,(H,19,20,21). The highest BCUT2D eigenvalue weighted by Crippen LogP contribution is 2.32. The first-order valence-electron chi connectivity index (χ1n) is 7.54. The monoisotopic (exact) mass is 368 g/mol. The summed E-state index contributed by atoms with van der Waals surface area (Å²) in [5, 5.41) is 0. The lowest BCUT2D eigenvalue weighted by molar-refractivity contribution is -0.190. The number of rotatable bonds is 6. The predicted octanol–water partition coefficient (Wildman–Crippen LogP) is 3.57. The van der Waals surface area contributed by atoms with Gasteiger partial charge in [-0.2, -0.15) is 21.6 Å². The molecule has 2 unspecified atom stereocenters. The van der Waals surface area contributed by atoms with Crippen molar-refractivity contribution in [2.45, 2.75) is 44.3 Å². The first-order valence-corrected chi connectivity index (χ1v) is 9.15. The van der Waals surface area contributed by atoms with Crippen molar-refractivity contribution < 1.29 is 35.6 Å². The van der Waals surface area contributed by atoms with E-state index in [1.807, 2.05) is 0 Å². The molecule has 136 valence electrons. The van der Waals surface area contributed by atoms with Gasteiger partial charge >= 0.3 is 6.18 Å². The van der Waals surface area contributed by atoms with Crippen molar-refractivity contribution >= 4 is 10.1 Å². The summed E-state index contributed by atoms with van der Waals surface area (Å²) in [4.78, 5) is 0. The van der Waals surface area contributed by atoms with Crippen LogP contribution in [0.15, 0.2) is 24.3 Å². The van der Waals surface area contributed by atoms with Crippen LogP contribution in [0.5, 0.6) is 0 Å². The van der Waals surface area contributed by atoms with Crippen molar-refractivity contribution in [3.05, 3.63) is 35.4 Å². The molecule has 1 aliphatic rings. The molecule has 2 rings (SSSR count). The second-order valence-electron chi connectivity index (χ2n) is 5.62. The third kappa shape index (κ3) is 6.04. The van der Waals surface area contributed by atoms with E-state index in [0.717, 1.165) is 25.0 Å². The molecule has 1 fully saturated rings.